The molecule has 0 N–H and O–H groups in total. The van der Waals surface area contributed by atoms with Gasteiger partial charge in [-0.25, -0.2) is 0 Å². The molecule has 1 heterocycles. The molecule has 88 valence electrons. The molecule has 0 atom stereocenters. The van der Waals surface area contributed by atoms with Crippen LogP contribution in [0.1, 0.15) is 37.7 Å². The quantitative estimate of drug-likeness (QED) is 0.814. The monoisotopic (exact) mass is 240 g/mol. The Bertz CT molecular complexity index is 390. The van der Waals surface area contributed by atoms with E-state index in [2.05, 4.69) is 11.9 Å². The van der Waals surface area contributed by atoms with Crippen LogP contribution in [0.2, 0.25) is 5.02 Å². The second kappa shape index (κ2) is 4.83. The van der Waals surface area contributed by atoms with E-state index in [4.69, 9.17) is 11.6 Å². The summed E-state index contributed by atoms with van der Waals surface area (Å²) in [6, 6.07) is 3.25. The van der Waals surface area contributed by atoms with Gasteiger partial charge in [0.1, 0.15) is 5.69 Å². The molecule has 0 saturated carbocycles. The average molecular weight is 241 g/mol. The summed E-state index contributed by atoms with van der Waals surface area (Å²) < 4.78 is 0. The fourth-order valence-electron chi connectivity index (χ4n) is 1.21. The molecule has 0 fully saturated rings. The zero-order valence-corrected chi connectivity index (χ0v) is 10.9. The molecule has 0 aliphatic rings. The second-order valence-corrected chi connectivity index (χ2v) is 4.83. The number of carbonyl (C=O) groups excluding carboxylic acids is 1. The van der Waals surface area contributed by atoms with Crippen molar-refractivity contribution in [3.63, 3.8) is 0 Å². The van der Waals surface area contributed by atoms with Crippen molar-refractivity contribution in [1.29, 1.82) is 0 Å². The first-order chi connectivity index (χ1) is 7.38. The van der Waals surface area contributed by atoms with Crippen LogP contribution in [0.5, 0.6) is 0 Å². The SMILES string of the molecule is CCC(C)(C)N(C)C(=O)c1cc(Cl)ccn1. The number of hydrogen-bond donors (Lipinski definition) is 0. The lowest BCUT2D eigenvalue weighted by Gasteiger charge is -2.34. The molecule has 16 heavy (non-hydrogen) atoms. The van der Waals surface area contributed by atoms with Gasteiger partial charge in [-0.3, -0.25) is 9.78 Å². The van der Waals surface area contributed by atoms with Gasteiger partial charge in [-0.15, -0.1) is 0 Å². The molecular formula is C12H17ClN2O. The van der Waals surface area contributed by atoms with Gasteiger partial charge in [0.25, 0.3) is 5.91 Å². The van der Waals surface area contributed by atoms with Gasteiger partial charge in [0.05, 0.1) is 0 Å². The van der Waals surface area contributed by atoms with Gasteiger partial charge >= 0.3 is 0 Å². The molecule has 0 aliphatic carbocycles. The van der Waals surface area contributed by atoms with Crippen LogP contribution in [-0.2, 0) is 0 Å². The summed E-state index contributed by atoms with van der Waals surface area (Å²) in [6.45, 7) is 6.10. The van der Waals surface area contributed by atoms with Crippen molar-refractivity contribution in [3.8, 4) is 0 Å². The fraction of sp³-hybridized carbons (Fsp3) is 0.500. The molecule has 0 unspecified atom stereocenters. The Balaban J connectivity index is 2.95. The Hall–Kier alpha value is -1.09. The lowest BCUT2D eigenvalue weighted by Crippen LogP contribution is -2.44. The maximum atomic E-state index is 12.1. The molecule has 4 heteroatoms. The van der Waals surface area contributed by atoms with Crippen molar-refractivity contribution in [3.05, 3.63) is 29.0 Å². The molecule has 1 aromatic rings. The summed E-state index contributed by atoms with van der Waals surface area (Å²) in [5, 5.41) is 0.529. The lowest BCUT2D eigenvalue weighted by atomic mass is 9.99. The van der Waals surface area contributed by atoms with Gasteiger partial charge < -0.3 is 4.90 Å². The van der Waals surface area contributed by atoms with Gasteiger partial charge in [0, 0.05) is 23.8 Å². The minimum absolute atomic E-state index is 0.102. The van der Waals surface area contributed by atoms with Gasteiger partial charge in [0.15, 0.2) is 0 Å². The topological polar surface area (TPSA) is 33.2 Å². The number of amides is 1. The number of hydrogen-bond acceptors (Lipinski definition) is 2. The van der Waals surface area contributed by atoms with E-state index in [0.29, 0.717) is 10.7 Å². The highest BCUT2D eigenvalue weighted by atomic mass is 35.5. The maximum Gasteiger partial charge on any atom is 0.272 e. The van der Waals surface area contributed by atoms with E-state index >= 15 is 0 Å². The predicted octanol–water partition coefficient (Wildman–Crippen LogP) is 3.00. The first-order valence-electron chi connectivity index (χ1n) is 5.28. The maximum absolute atomic E-state index is 12.1. The number of nitrogens with zero attached hydrogens (tertiary/aromatic N) is 2. The van der Waals surface area contributed by atoms with E-state index < -0.39 is 0 Å². The largest absolute Gasteiger partial charge is 0.335 e. The van der Waals surface area contributed by atoms with Crippen LogP contribution in [0.3, 0.4) is 0 Å². The Morgan fingerprint density at radius 3 is 2.69 bits per heavy atom. The highest BCUT2D eigenvalue weighted by molar-refractivity contribution is 6.30. The van der Waals surface area contributed by atoms with Gasteiger partial charge in [-0.1, -0.05) is 18.5 Å². The van der Waals surface area contributed by atoms with Gasteiger partial charge in [-0.2, -0.15) is 0 Å². The number of carbonyl (C=O) groups is 1. The third kappa shape index (κ3) is 2.73. The Labute approximate surface area is 101 Å². The zero-order valence-electron chi connectivity index (χ0n) is 10.1. The van der Waals surface area contributed by atoms with E-state index in [9.17, 15) is 4.79 Å². The highest BCUT2D eigenvalue weighted by Crippen LogP contribution is 2.19. The number of rotatable bonds is 3. The van der Waals surface area contributed by atoms with Crippen LogP contribution >= 0.6 is 11.6 Å². The molecule has 1 aromatic heterocycles. The first kappa shape index (κ1) is 13.0. The van der Waals surface area contributed by atoms with Crippen LogP contribution in [0.4, 0.5) is 0 Å². The van der Waals surface area contributed by atoms with Crippen molar-refractivity contribution in [2.45, 2.75) is 32.7 Å². The molecule has 1 rings (SSSR count). The van der Waals surface area contributed by atoms with Crippen LogP contribution in [0, 0.1) is 0 Å². The Kier molecular flexibility index (Phi) is 3.92. The smallest absolute Gasteiger partial charge is 0.272 e. The van der Waals surface area contributed by atoms with Crippen LogP contribution < -0.4 is 0 Å². The van der Waals surface area contributed by atoms with Gasteiger partial charge in [0.2, 0.25) is 0 Å². The number of aromatic nitrogens is 1. The summed E-state index contributed by atoms with van der Waals surface area (Å²) in [4.78, 5) is 17.8. The minimum Gasteiger partial charge on any atom is -0.335 e. The van der Waals surface area contributed by atoms with Crippen molar-refractivity contribution < 1.29 is 4.79 Å². The summed E-state index contributed by atoms with van der Waals surface area (Å²) >= 11 is 5.83. The van der Waals surface area contributed by atoms with E-state index in [1.807, 2.05) is 13.8 Å². The van der Waals surface area contributed by atoms with Crippen LogP contribution in [0.25, 0.3) is 0 Å². The lowest BCUT2D eigenvalue weighted by molar-refractivity contribution is 0.0614. The van der Waals surface area contributed by atoms with Crippen molar-refractivity contribution in [2.75, 3.05) is 7.05 Å². The number of pyridine rings is 1. The molecule has 0 aliphatic heterocycles. The second-order valence-electron chi connectivity index (χ2n) is 4.39. The summed E-state index contributed by atoms with van der Waals surface area (Å²) in [6.07, 6.45) is 2.43. The molecule has 0 saturated heterocycles. The average Bonchev–Trinajstić information content (AvgIpc) is 2.27. The number of halogens is 1. The van der Waals surface area contributed by atoms with Crippen LogP contribution in [-0.4, -0.2) is 28.4 Å². The molecule has 0 radical (unpaired) electrons. The predicted molar refractivity (Wildman–Crippen MR) is 65.7 cm³/mol. The summed E-state index contributed by atoms with van der Waals surface area (Å²) in [5.41, 5.74) is 0.206. The molecule has 0 bridgehead atoms. The van der Waals surface area contributed by atoms with E-state index in [0.717, 1.165) is 6.42 Å². The Morgan fingerprint density at radius 1 is 1.56 bits per heavy atom. The first-order valence-corrected chi connectivity index (χ1v) is 5.66. The Morgan fingerprint density at radius 2 is 2.19 bits per heavy atom. The molecule has 0 spiro atoms. The normalized spacial score (nSPS) is 11.3. The standard InChI is InChI=1S/C12H17ClN2O/c1-5-12(2,3)15(4)11(16)10-8-9(13)6-7-14-10/h6-8H,5H2,1-4H3. The molecule has 3 nitrogen and oxygen atoms in total. The van der Waals surface area contributed by atoms with Gasteiger partial charge in [-0.05, 0) is 32.4 Å². The third-order valence-corrected chi connectivity index (χ3v) is 3.25. The minimum atomic E-state index is -0.179. The van der Waals surface area contributed by atoms with Crippen LogP contribution in [0.15, 0.2) is 18.3 Å². The molecule has 1 amide bonds. The summed E-state index contributed by atoms with van der Waals surface area (Å²) in [7, 11) is 1.79. The van der Waals surface area contributed by atoms with E-state index in [1.54, 1.807) is 30.3 Å². The van der Waals surface area contributed by atoms with Crippen molar-refractivity contribution >= 4 is 17.5 Å². The third-order valence-electron chi connectivity index (χ3n) is 3.02. The highest BCUT2D eigenvalue weighted by Gasteiger charge is 2.27. The zero-order chi connectivity index (χ0) is 12.3. The summed E-state index contributed by atoms with van der Waals surface area (Å²) in [5.74, 6) is -0.102. The van der Waals surface area contributed by atoms with E-state index in [-0.39, 0.29) is 11.4 Å². The van der Waals surface area contributed by atoms with Crippen molar-refractivity contribution in [2.24, 2.45) is 0 Å². The molecule has 0 aromatic carbocycles. The van der Waals surface area contributed by atoms with E-state index in [1.165, 1.54) is 0 Å². The molecular weight excluding hydrogens is 224 g/mol. The fourth-order valence-corrected chi connectivity index (χ4v) is 1.37. The van der Waals surface area contributed by atoms with Crippen molar-refractivity contribution in [1.82, 2.24) is 9.88 Å².